The second-order valence-corrected chi connectivity index (χ2v) is 5.28. The molecule has 0 spiro atoms. The molecule has 1 aromatic carbocycles. The minimum absolute atomic E-state index is 0. The van der Waals surface area contributed by atoms with E-state index in [9.17, 15) is 14.9 Å². The number of piperidine rings is 1. The van der Waals surface area contributed by atoms with Crippen LogP contribution in [0.25, 0.3) is 0 Å². The number of hydrogen-bond donors (Lipinski definition) is 1. The van der Waals surface area contributed by atoms with Gasteiger partial charge in [-0.3, -0.25) is 14.9 Å². The minimum Gasteiger partial charge on any atom is -0.334 e. The van der Waals surface area contributed by atoms with Crippen LogP contribution in [0, 0.1) is 10.1 Å². The molecule has 0 aliphatic carbocycles. The number of nitro benzene ring substituents is 1. The Balaban J connectivity index is 0.00000220. The first kappa shape index (κ1) is 17.7. The molecule has 1 unspecified atom stereocenters. The lowest BCUT2D eigenvalue weighted by Crippen LogP contribution is -2.47. The number of non-ortho nitro benzene ring substituents is 1. The molecule has 21 heavy (non-hydrogen) atoms. The Hall–Kier alpha value is -1.37. The number of carbonyl (C=O) groups is 1. The Morgan fingerprint density at radius 1 is 1.43 bits per heavy atom. The zero-order valence-corrected chi connectivity index (χ0v) is 12.9. The Kier molecular flexibility index (Phi) is 6.39. The molecule has 6 nitrogen and oxygen atoms in total. The molecule has 2 rings (SSSR count). The van der Waals surface area contributed by atoms with Gasteiger partial charge in [-0.1, -0.05) is 11.6 Å². The van der Waals surface area contributed by atoms with Crippen LogP contribution in [-0.2, 0) is 0 Å². The van der Waals surface area contributed by atoms with Crippen molar-refractivity contribution in [2.75, 3.05) is 13.1 Å². The van der Waals surface area contributed by atoms with Gasteiger partial charge in [0, 0.05) is 41.9 Å². The molecule has 1 fully saturated rings. The second kappa shape index (κ2) is 7.59. The minimum atomic E-state index is -0.556. The Morgan fingerprint density at radius 3 is 2.76 bits per heavy atom. The van der Waals surface area contributed by atoms with Crippen molar-refractivity contribution in [2.45, 2.75) is 25.3 Å². The number of carbonyl (C=O) groups excluding carboxylic acids is 1. The van der Waals surface area contributed by atoms with Gasteiger partial charge < -0.3 is 10.6 Å². The van der Waals surface area contributed by atoms with Crippen LogP contribution in [0.1, 0.15) is 29.6 Å². The van der Waals surface area contributed by atoms with Crippen molar-refractivity contribution in [3.63, 3.8) is 0 Å². The summed E-state index contributed by atoms with van der Waals surface area (Å²) in [7, 11) is 0. The number of rotatable bonds is 3. The maximum Gasteiger partial charge on any atom is 0.271 e. The van der Waals surface area contributed by atoms with Gasteiger partial charge in [-0.15, -0.1) is 12.4 Å². The van der Waals surface area contributed by atoms with Gasteiger partial charge in [-0.05, 0) is 25.3 Å². The van der Waals surface area contributed by atoms with Crippen LogP contribution in [0.2, 0.25) is 5.02 Å². The average Bonchev–Trinajstić information content (AvgIpc) is 2.45. The molecule has 2 N–H and O–H groups in total. The second-order valence-electron chi connectivity index (χ2n) is 4.84. The van der Waals surface area contributed by atoms with Gasteiger partial charge in [0.05, 0.1) is 4.92 Å². The lowest BCUT2D eigenvalue weighted by atomic mass is 10.0. The quantitative estimate of drug-likeness (QED) is 0.680. The van der Waals surface area contributed by atoms with Crippen molar-refractivity contribution in [3.8, 4) is 0 Å². The molecule has 0 aromatic heterocycles. The molecule has 8 heteroatoms. The monoisotopic (exact) mass is 333 g/mol. The number of benzene rings is 1. The van der Waals surface area contributed by atoms with E-state index in [4.69, 9.17) is 17.3 Å². The first-order valence-corrected chi connectivity index (χ1v) is 6.86. The van der Waals surface area contributed by atoms with Gasteiger partial charge in [0.25, 0.3) is 11.6 Å². The third-order valence-corrected chi connectivity index (χ3v) is 3.72. The molecule has 0 radical (unpaired) electrons. The Morgan fingerprint density at radius 2 is 2.14 bits per heavy atom. The predicted molar refractivity (Wildman–Crippen MR) is 83.1 cm³/mol. The van der Waals surface area contributed by atoms with Gasteiger partial charge in [-0.2, -0.15) is 0 Å². The van der Waals surface area contributed by atoms with E-state index in [-0.39, 0.29) is 40.6 Å². The largest absolute Gasteiger partial charge is 0.334 e. The number of hydrogen-bond acceptors (Lipinski definition) is 4. The van der Waals surface area contributed by atoms with Crippen molar-refractivity contribution in [3.05, 3.63) is 38.9 Å². The van der Waals surface area contributed by atoms with E-state index >= 15 is 0 Å². The van der Waals surface area contributed by atoms with Gasteiger partial charge in [0.1, 0.15) is 0 Å². The van der Waals surface area contributed by atoms with Gasteiger partial charge in [0.15, 0.2) is 0 Å². The smallest absolute Gasteiger partial charge is 0.271 e. The summed E-state index contributed by atoms with van der Waals surface area (Å²) in [5.41, 5.74) is 5.75. The molecule has 1 aromatic rings. The molecule has 116 valence electrons. The van der Waals surface area contributed by atoms with Crippen LogP contribution < -0.4 is 5.73 Å². The van der Waals surface area contributed by atoms with E-state index in [0.29, 0.717) is 13.1 Å². The summed E-state index contributed by atoms with van der Waals surface area (Å²) in [6, 6.07) is 3.94. The van der Waals surface area contributed by atoms with Crippen molar-refractivity contribution in [1.82, 2.24) is 4.90 Å². The molecule has 1 atom stereocenters. The number of nitrogens with two attached hydrogens (primary N) is 1. The Bertz CT molecular complexity index is 539. The molecule has 1 aliphatic heterocycles. The number of nitro groups is 1. The number of likely N-dealkylation sites (tertiary alicyclic amines) is 1. The summed E-state index contributed by atoms with van der Waals surface area (Å²) in [5, 5.41) is 11.0. The zero-order chi connectivity index (χ0) is 14.7. The lowest BCUT2D eigenvalue weighted by Gasteiger charge is -2.35. The molecular weight excluding hydrogens is 317 g/mol. The molecule has 1 heterocycles. The van der Waals surface area contributed by atoms with Crippen LogP contribution in [0.4, 0.5) is 5.69 Å². The van der Waals surface area contributed by atoms with E-state index in [1.807, 2.05) is 0 Å². The molecule has 0 saturated carbocycles. The summed E-state index contributed by atoms with van der Waals surface area (Å²) in [6.45, 7) is 1.02. The topological polar surface area (TPSA) is 89.5 Å². The van der Waals surface area contributed by atoms with Gasteiger partial charge >= 0.3 is 0 Å². The van der Waals surface area contributed by atoms with Crippen molar-refractivity contribution in [2.24, 2.45) is 5.73 Å². The fraction of sp³-hybridized carbons (Fsp3) is 0.462. The maximum atomic E-state index is 12.5. The van der Waals surface area contributed by atoms with Gasteiger partial charge in [-0.25, -0.2) is 0 Å². The Labute approximate surface area is 133 Å². The summed E-state index contributed by atoms with van der Waals surface area (Å²) < 4.78 is 0. The van der Waals surface area contributed by atoms with Crippen LogP contribution in [0.5, 0.6) is 0 Å². The van der Waals surface area contributed by atoms with Crippen LogP contribution >= 0.6 is 24.0 Å². The SMILES string of the molecule is Cl.NCC1CCCCN1C(=O)c1cc(Cl)cc([N+](=O)[O-])c1. The average molecular weight is 334 g/mol. The fourth-order valence-corrected chi connectivity index (χ4v) is 2.71. The fourth-order valence-electron chi connectivity index (χ4n) is 2.48. The highest BCUT2D eigenvalue weighted by molar-refractivity contribution is 6.31. The standard InChI is InChI=1S/C13H16ClN3O3.ClH/c14-10-5-9(6-12(7-10)17(19)20)13(18)16-4-2-1-3-11(16)8-15;/h5-7,11H,1-4,8,15H2;1H. The normalized spacial score (nSPS) is 18.0. The lowest BCUT2D eigenvalue weighted by molar-refractivity contribution is -0.384. The molecular formula is C13H17Cl2N3O3. The molecule has 1 saturated heterocycles. The summed E-state index contributed by atoms with van der Waals surface area (Å²) in [6.07, 6.45) is 2.83. The predicted octanol–water partition coefficient (Wildman–Crippen LogP) is 2.62. The number of halogens is 2. The van der Waals surface area contributed by atoms with Crippen molar-refractivity contribution >= 4 is 35.6 Å². The van der Waals surface area contributed by atoms with Crippen LogP contribution in [0.15, 0.2) is 18.2 Å². The van der Waals surface area contributed by atoms with E-state index in [1.54, 1.807) is 4.90 Å². The third-order valence-electron chi connectivity index (χ3n) is 3.50. The van der Waals surface area contributed by atoms with E-state index in [2.05, 4.69) is 0 Å². The molecule has 1 amide bonds. The summed E-state index contributed by atoms with van der Waals surface area (Å²) in [4.78, 5) is 24.4. The molecule has 1 aliphatic rings. The summed E-state index contributed by atoms with van der Waals surface area (Å²) >= 11 is 5.85. The first-order chi connectivity index (χ1) is 9.52. The number of nitrogens with zero attached hydrogens (tertiary/aromatic N) is 2. The van der Waals surface area contributed by atoms with Gasteiger partial charge in [0.2, 0.25) is 0 Å². The highest BCUT2D eigenvalue weighted by Gasteiger charge is 2.27. The zero-order valence-electron chi connectivity index (χ0n) is 11.3. The summed E-state index contributed by atoms with van der Waals surface area (Å²) in [5.74, 6) is -0.245. The van der Waals surface area contributed by atoms with Crippen molar-refractivity contribution < 1.29 is 9.72 Å². The number of amides is 1. The van der Waals surface area contributed by atoms with E-state index < -0.39 is 4.92 Å². The van der Waals surface area contributed by atoms with Crippen molar-refractivity contribution in [1.29, 1.82) is 0 Å². The van der Waals surface area contributed by atoms with E-state index in [0.717, 1.165) is 19.3 Å². The highest BCUT2D eigenvalue weighted by atomic mass is 35.5. The highest BCUT2D eigenvalue weighted by Crippen LogP contribution is 2.24. The van der Waals surface area contributed by atoms with Crippen LogP contribution in [0.3, 0.4) is 0 Å². The first-order valence-electron chi connectivity index (χ1n) is 6.49. The molecule has 0 bridgehead atoms. The van der Waals surface area contributed by atoms with Crippen LogP contribution in [-0.4, -0.2) is 34.9 Å². The maximum absolute atomic E-state index is 12.5. The van der Waals surface area contributed by atoms with E-state index in [1.165, 1.54) is 18.2 Å². The third kappa shape index (κ3) is 4.06.